The quantitative estimate of drug-likeness (QED) is 0.839. The van der Waals surface area contributed by atoms with Crippen molar-refractivity contribution in [2.45, 2.75) is 52.0 Å². The van der Waals surface area contributed by atoms with Gasteiger partial charge in [-0.2, -0.15) is 5.10 Å². The van der Waals surface area contributed by atoms with Gasteiger partial charge in [-0.25, -0.2) is 0 Å². The largest absolute Gasteiger partial charge is 0.317 e. The lowest BCUT2D eigenvalue weighted by Gasteiger charge is -2.15. The molecule has 0 bridgehead atoms. The van der Waals surface area contributed by atoms with Gasteiger partial charge >= 0.3 is 0 Å². The van der Waals surface area contributed by atoms with Gasteiger partial charge in [-0.15, -0.1) is 0 Å². The van der Waals surface area contributed by atoms with Crippen LogP contribution in [-0.2, 0) is 19.9 Å². The number of rotatable bonds is 7. The fraction of sp³-hybridized carbons (Fsp3) is 0.769. The molecular formula is C13H24BrN3. The van der Waals surface area contributed by atoms with E-state index in [0.29, 0.717) is 6.04 Å². The predicted molar refractivity (Wildman–Crippen MR) is 76.4 cm³/mol. The summed E-state index contributed by atoms with van der Waals surface area (Å²) in [6, 6.07) is 0.617. The Hall–Kier alpha value is -0.350. The molecule has 3 nitrogen and oxygen atoms in total. The van der Waals surface area contributed by atoms with E-state index in [9.17, 15) is 0 Å². The number of halogens is 1. The number of hydrogen-bond donors (Lipinski definition) is 1. The summed E-state index contributed by atoms with van der Waals surface area (Å²) in [6.07, 6.45) is 5.71. The first-order valence-electron chi connectivity index (χ1n) is 6.51. The molecule has 98 valence electrons. The second-order valence-corrected chi connectivity index (χ2v) is 5.29. The number of aromatic nitrogens is 2. The minimum absolute atomic E-state index is 0.617. The van der Waals surface area contributed by atoms with Crippen molar-refractivity contribution < 1.29 is 0 Å². The monoisotopic (exact) mass is 301 g/mol. The van der Waals surface area contributed by atoms with E-state index in [2.05, 4.69) is 47.2 Å². The molecule has 0 radical (unpaired) electrons. The van der Waals surface area contributed by atoms with E-state index in [1.165, 1.54) is 35.1 Å². The highest BCUT2D eigenvalue weighted by atomic mass is 79.9. The summed E-state index contributed by atoms with van der Waals surface area (Å²) in [5.41, 5.74) is 2.48. The Balaban J connectivity index is 2.65. The summed E-state index contributed by atoms with van der Waals surface area (Å²) in [4.78, 5) is 0. The zero-order chi connectivity index (χ0) is 12.8. The van der Waals surface area contributed by atoms with Gasteiger partial charge in [0.1, 0.15) is 0 Å². The molecule has 1 atom stereocenters. The van der Waals surface area contributed by atoms with Gasteiger partial charge in [0.15, 0.2) is 0 Å². The van der Waals surface area contributed by atoms with E-state index >= 15 is 0 Å². The average Bonchev–Trinajstić information content (AvgIpc) is 2.60. The molecule has 1 aromatic heterocycles. The SMILES string of the molecule is CCCC(CCc1c(Br)c(CC)nn1C)NC. The number of aryl methyl sites for hydroxylation is 2. The molecule has 0 saturated carbocycles. The van der Waals surface area contributed by atoms with Crippen molar-refractivity contribution in [2.75, 3.05) is 7.05 Å². The summed E-state index contributed by atoms with van der Waals surface area (Å²) in [5, 5.41) is 7.92. The molecule has 0 aliphatic rings. The minimum Gasteiger partial charge on any atom is -0.317 e. The van der Waals surface area contributed by atoms with Crippen LogP contribution in [0.3, 0.4) is 0 Å². The molecule has 17 heavy (non-hydrogen) atoms. The summed E-state index contributed by atoms with van der Waals surface area (Å²) in [6.45, 7) is 4.38. The Kier molecular flexibility index (Phi) is 6.20. The molecule has 0 aliphatic heterocycles. The number of nitrogens with one attached hydrogen (secondary N) is 1. The summed E-state index contributed by atoms with van der Waals surface area (Å²) >= 11 is 3.67. The van der Waals surface area contributed by atoms with Crippen LogP contribution in [0.5, 0.6) is 0 Å². The predicted octanol–water partition coefficient (Wildman–Crippen LogP) is 3.07. The van der Waals surface area contributed by atoms with Crippen molar-refractivity contribution >= 4 is 15.9 Å². The second kappa shape index (κ2) is 7.17. The van der Waals surface area contributed by atoms with E-state index in [1.807, 2.05) is 11.7 Å². The Bertz CT molecular complexity index is 347. The Morgan fingerprint density at radius 2 is 2.06 bits per heavy atom. The van der Waals surface area contributed by atoms with E-state index in [0.717, 1.165) is 12.8 Å². The lowest BCUT2D eigenvalue weighted by molar-refractivity contribution is 0.476. The van der Waals surface area contributed by atoms with Crippen molar-refractivity contribution in [1.29, 1.82) is 0 Å². The first-order chi connectivity index (χ1) is 8.13. The summed E-state index contributed by atoms with van der Waals surface area (Å²) < 4.78 is 3.22. The van der Waals surface area contributed by atoms with Gasteiger partial charge in [-0.05, 0) is 48.7 Å². The van der Waals surface area contributed by atoms with Crippen molar-refractivity contribution in [3.8, 4) is 0 Å². The van der Waals surface area contributed by atoms with E-state index in [4.69, 9.17) is 0 Å². The third kappa shape index (κ3) is 3.81. The van der Waals surface area contributed by atoms with E-state index in [1.54, 1.807) is 0 Å². The summed E-state index contributed by atoms with van der Waals surface area (Å²) in [5.74, 6) is 0. The van der Waals surface area contributed by atoms with Gasteiger partial charge in [0.25, 0.3) is 0 Å². The zero-order valence-electron chi connectivity index (χ0n) is 11.4. The Labute approximate surface area is 113 Å². The van der Waals surface area contributed by atoms with Gasteiger partial charge in [-0.1, -0.05) is 20.3 Å². The van der Waals surface area contributed by atoms with Crippen LogP contribution in [0, 0.1) is 0 Å². The van der Waals surface area contributed by atoms with E-state index < -0.39 is 0 Å². The van der Waals surface area contributed by atoms with Gasteiger partial charge in [0.2, 0.25) is 0 Å². The highest BCUT2D eigenvalue weighted by molar-refractivity contribution is 9.10. The molecule has 1 rings (SSSR count). The maximum absolute atomic E-state index is 4.53. The van der Waals surface area contributed by atoms with Crippen LogP contribution in [0.15, 0.2) is 4.47 Å². The van der Waals surface area contributed by atoms with Gasteiger partial charge < -0.3 is 5.32 Å². The van der Waals surface area contributed by atoms with Crippen LogP contribution in [-0.4, -0.2) is 22.9 Å². The standard InChI is InChI=1S/C13H24BrN3/c1-5-7-10(15-3)8-9-12-13(14)11(6-2)16-17(12)4/h10,15H,5-9H2,1-4H3. The van der Waals surface area contributed by atoms with Gasteiger partial charge in [0, 0.05) is 13.1 Å². The maximum Gasteiger partial charge on any atom is 0.0766 e. The van der Waals surface area contributed by atoms with Crippen LogP contribution in [0.2, 0.25) is 0 Å². The molecular weight excluding hydrogens is 278 g/mol. The smallest absolute Gasteiger partial charge is 0.0766 e. The Morgan fingerprint density at radius 3 is 2.53 bits per heavy atom. The molecule has 1 aromatic rings. The molecule has 0 saturated heterocycles. The van der Waals surface area contributed by atoms with Crippen LogP contribution in [0.25, 0.3) is 0 Å². The molecule has 0 amide bonds. The van der Waals surface area contributed by atoms with Crippen molar-refractivity contribution in [3.05, 3.63) is 15.9 Å². The van der Waals surface area contributed by atoms with Crippen LogP contribution < -0.4 is 5.32 Å². The molecule has 4 heteroatoms. The fourth-order valence-corrected chi connectivity index (χ4v) is 3.00. The lowest BCUT2D eigenvalue weighted by atomic mass is 10.0. The van der Waals surface area contributed by atoms with Gasteiger partial charge in [-0.3, -0.25) is 4.68 Å². The third-order valence-electron chi connectivity index (χ3n) is 3.28. The van der Waals surface area contributed by atoms with Crippen molar-refractivity contribution in [2.24, 2.45) is 7.05 Å². The molecule has 1 unspecified atom stereocenters. The molecule has 1 N–H and O–H groups in total. The normalized spacial score (nSPS) is 13.0. The first kappa shape index (κ1) is 14.7. The fourth-order valence-electron chi connectivity index (χ4n) is 2.18. The zero-order valence-corrected chi connectivity index (χ0v) is 13.0. The van der Waals surface area contributed by atoms with Crippen LogP contribution in [0.1, 0.15) is 44.5 Å². The third-order valence-corrected chi connectivity index (χ3v) is 4.19. The van der Waals surface area contributed by atoms with Gasteiger partial charge in [0.05, 0.1) is 15.9 Å². The van der Waals surface area contributed by atoms with E-state index in [-0.39, 0.29) is 0 Å². The van der Waals surface area contributed by atoms with Crippen LogP contribution >= 0.6 is 15.9 Å². The Morgan fingerprint density at radius 1 is 1.35 bits per heavy atom. The highest BCUT2D eigenvalue weighted by Gasteiger charge is 2.14. The molecule has 0 aliphatic carbocycles. The molecule has 0 fully saturated rings. The first-order valence-corrected chi connectivity index (χ1v) is 7.30. The van der Waals surface area contributed by atoms with Crippen molar-refractivity contribution in [3.63, 3.8) is 0 Å². The average molecular weight is 302 g/mol. The number of hydrogen-bond acceptors (Lipinski definition) is 2. The highest BCUT2D eigenvalue weighted by Crippen LogP contribution is 2.23. The summed E-state index contributed by atoms with van der Waals surface area (Å²) in [7, 11) is 4.09. The molecule has 0 spiro atoms. The maximum atomic E-state index is 4.53. The molecule has 0 aromatic carbocycles. The second-order valence-electron chi connectivity index (χ2n) is 4.50. The van der Waals surface area contributed by atoms with Crippen LogP contribution in [0.4, 0.5) is 0 Å². The lowest BCUT2D eigenvalue weighted by Crippen LogP contribution is -2.25. The number of nitrogens with zero attached hydrogens (tertiary/aromatic N) is 2. The molecule has 1 heterocycles. The topological polar surface area (TPSA) is 29.9 Å². The minimum atomic E-state index is 0.617. The van der Waals surface area contributed by atoms with Crippen molar-refractivity contribution in [1.82, 2.24) is 15.1 Å².